The highest BCUT2D eigenvalue weighted by Gasteiger charge is 2.08. The van der Waals surface area contributed by atoms with E-state index < -0.39 is 6.04 Å². The average molecular weight is 185 g/mol. The molecule has 1 amide bonds. The summed E-state index contributed by atoms with van der Waals surface area (Å²) in [6.07, 6.45) is 0. The van der Waals surface area contributed by atoms with Crippen molar-refractivity contribution in [3.05, 3.63) is 11.1 Å². The zero-order chi connectivity index (χ0) is 9.14. The van der Waals surface area contributed by atoms with E-state index in [-0.39, 0.29) is 5.91 Å². The lowest BCUT2D eigenvalue weighted by Gasteiger charge is -2.03. The van der Waals surface area contributed by atoms with E-state index in [2.05, 4.69) is 10.3 Å². The summed E-state index contributed by atoms with van der Waals surface area (Å²) >= 11 is 1.40. The standard InChI is InChI=1S/C7H11N3OS/c1-4-3-12-7(9-4)10-6(11)5(2)8/h3,5H,8H2,1-2H3,(H,9,10,11)/t5-/m0/s1. The van der Waals surface area contributed by atoms with E-state index in [9.17, 15) is 4.79 Å². The highest BCUT2D eigenvalue weighted by Crippen LogP contribution is 2.13. The Balaban J connectivity index is 2.58. The molecule has 0 radical (unpaired) electrons. The Morgan fingerprint density at radius 3 is 2.92 bits per heavy atom. The Bertz CT molecular complexity index is 282. The highest BCUT2D eigenvalue weighted by molar-refractivity contribution is 7.13. The van der Waals surface area contributed by atoms with Crippen LogP contribution >= 0.6 is 11.3 Å². The van der Waals surface area contributed by atoms with Crippen LogP contribution in [0.25, 0.3) is 0 Å². The number of carbonyl (C=O) groups is 1. The van der Waals surface area contributed by atoms with Gasteiger partial charge in [0.15, 0.2) is 5.13 Å². The van der Waals surface area contributed by atoms with E-state index in [1.807, 2.05) is 12.3 Å². The molecule has 3 N–H and O–H groups in total. The summed E-state index contributed by atoms with van der Waals surface area (Å²) in [5.41, 5.74) is 6.26. The Kier molecular flexibility index (Phi) is 2.78. The number of nitrogens with zero attached hydrogens (tertiary/aromatic N) is 1. The molecule has 0 saturated carbocycles. The lowest BCUT2D eigenvalue weighted by atomic mass is 10.3. The fourth-order valence-corrected chi connectivity index (χ4v) is 1.32. The van der Waals surface area contributed by atoms with Gasteiger partial charge in [-0.05, 0) is 13.8 Å². The first-order chi connectivity index (χ1) is 5.59. The van der Waals surface area contributed by atoms with Gasteiger partial charge >= 0.3 is 0 Å². The van der Waals surface area contributed by atoms with Gasteiger partial charge in [0.2, 0.25) is 5.91 Å². The maximum Gasteiger partial charge on any atom is 0.242 e. The Morgan fingerprint density at radius 2 is 2.50 bits per heavy atom. The fourth-order valence-electron chi connectivity index (χ4n) is 0.631. The minimum atomic E-state index is -0.491. The molecule has 0 unspecified atom stereocenters. The molecule has 0 saturated heterocycles. The SMILES string of the molecule is Cc1csc(NC(=O)[C@H](C)N)n1. The molecule has 66 valence electrons. The average Bonchev–Trinajstić information content (AvgIpc) is 2.35. The molecule has 1 aromatic rings. The molecule has 1 aromatic heterocycles. The van der Waals surface area contributed by atoms with Crippen LogP contribution in [0, 0.1) is 6.92 Å². The summed E-state index contributed by atoms with van der Waals surface area (Å²) < 4.78 is 0. The van der Waals surface area contributed by atoms with Crippen LogP contribution in [-0.4, -0.2) is 16.9 Å². The molecule has 0 fully saturated rings. The van der Waals surface area contributed by atoms with Crippen molar-refractivity contribution >= 4 is 22.4 Å². The quantitative estimate of drug-likeness (QED) is 0.714. The van der Waals surface area contributed by atoms with Crippen LogP contribution in [0.3, 0.4) is 0 Å². The van der Waals surface area contributed by atoms with Crippen LogP contribution in [0.2, 0.25) is 0 Å². The predicted molar refractivity (Wildman–Crippen MR) is 49.1 cm³/mol. The molecule has 4 nitrogen and oxygen atoms in total. The third kappa shape index (κ3) is 2.28. The van der Waals surface area contributed by atoms with Crippen molar-refractivity contribution in [3.8, 4) is 0 Å². The number of anilines is 1. The maximum atomic E-state index is 11.1. The van der Waals surface area contributed by atoms with Crippen molar-refractivity contribution < 1.29 is 4.79 Å². The van der Waals surface area contributed by atoms with E-state index >= 15 is 0 Å². The third-order valence-corrected chi connectivity index (χ3v) is 2.14. The first-order valence-corrected chi connectivity index (χ1v) is 4.46. The minimum Gasteiger partial charge on any atom is -0.320 e. The molecule has 0 bridgehead atoms. The van der Waals surface area contributed by atoms with Crippen LogP contribution in [0.15, 0.2) is 5.38 Å². The Hall–Kier alpha value is -0.940. The van der Waals surface area contributed by atoms with Gasteiger partial charge in [0.25, 0.3) is 0 Å². The molecule has 0 aliphatic rings. The van der Waals surface area contributed by atoms with Crippen molar-refractivity contribution in [3.63, 3.8) is 0 Å². The molecule has 1 rings (SSSR count). The first kappa shape index (κ1) is 9.15. The monoisotopic (exact) mass is 185 g/mol. The number of aryl methyl sites for hydroxylation is 1. The number of amides is 1. The summed E-state index contributed by atoms with van der Waals surface area (Å²) in [6.45, 7) is 3.51. The third-order valence-electron chi connectivity index (χ3n) is 1.26. The molecule has 0 aromatic carbocycles. The Morgan fingerprint density at radius 1 is 1.83 bits per heavy atom. The fraction of sp³-hybridized carbons (Fsp3) is 0.429. The van der Waals surface area contributed by atoms with Gasteiger partial charge in [-0.1, -0.05) is 0 Å². The zero-order valence-corrected chi connectivity index (χ0v) is 7.81. The van der Waals surface area contributed by atoms with Crippen LogP contribution in [0.5, 0.6) is 0 Å². The van der Waals surface area contributed by atoms with Gasteiger partial charge in [-0.15, -0.1) is 11.3 Å². The lowest BCUT2D eigenvalue weighted by molar-refractivity contribution is -0.117. The Labute approximate surface area is 74.8 Å². The summed E-state index contributed by atoms with van der Waals surface area (Å²) in [6, 6.07) is -0.491. The topological polar surface area (TPSA) is 68.0 Å². The number of hydrogen-bond acceptors (Lipinski definition) is 4. The molecule has 0 spiro atoms. The van der Waals surface area contributed by atoms with Crippen LogP contribution < -0.4 is 11.1 Å². The van der Waals surface area contributed by atoms with Crippen molar-refractivity contribution in [1.29, 1.82) is 0 Å². The maximum absolute atomic E-state index is 11.1. The van der Waals surface area contributed by atoms with E-state index in [0.29, 0.717) is 5.13 Å². The molecule has 0 aliphatic carbocycles. The van der Waals surface area contributed by atoms with Gasteiger partial charge in [0.05, 0.1) is 11.7 Å². The number of nitrogens with one attached hydrogen (secondary N) is 1. The summed E-state index contributed by atoms with van der Waals surface area (Å²) in [7, 11) is 0. The van der Waals surface area contributed by atoms with Crippen LogP contribution in [-0.2, 0) is 4.79 Å². The molecule has 5 heteroatoms. The second-order valence-corrected chi connectivity index (χ2v) is 3.43. The predicted octanol–water partition coefficient (Wildman–Crippen LogP) is 0.737. The van der Waals surface area contributed by atoms with E-state index in [4.69, 9.17) is 5.73 Å². The van der Waals surface area contributed by atoms with Crippen molar-refractivity contribution in [2.24, 2.45) is 5.73 Å². The number of rotatable bonds is 2. The van der Waals surface area contributed by atoms with Gasteiger partial charge in [0, 0.05) is 5.38 Å². The molecule has 1 atom stereocenters. The lowest BCUT2D eigenvalue weighted by Crippen LogP contribution is -2.32. The van der Waals surface area contributed by atoms with Gasteiger partial charge < -0.3 is 11.1 Å². The summed E-state index contributed by atoms with van der Waals surface area (Å²) in [5.74, 6) is -0.204. The zero-order valence-electron chi connectivity index (χ0n) is 7.00. The molecule has 12 heavy (non-hydrogen) atoms. The number of hydrogen-bond donors (Lipinski definition) is 2. The molecule has 1 heterocycles. The van der Waals surface area contributed by atoms with Crippen molar-refractivity contribution in [2.75, 3.05) is 5.32 Å². The number of thiazole rings is 1. The first-order valence-electron chi connectivity index (χ1n) is 3.58. The van der Waals surface area contributed by atoms with Crippen LogP contribution in [0.4, 0.5) is 5.13 Å². The minimum absolute atomic E-state index is 0.204. The van der Waals surface area contributed by atoms with E-state index in [1.54, 1.807) is 6.92 Å². The molecule has 0 aliphatic heterocycles. The largest absolute Gasteiger partial charge is 0.320 e. The summed E-state index contributed by atoms with van der Waals surface area (Å²) in [4.78, 5) is 15.1. The van der Waals surface area contributed by atoms with Gasteiger partial charge in [-0.2, -0.15) is 0 Å². The molecular weight excluding hydrogens is 174 g/mol. The summed E-state index contributed by atoms with van der Waals surface area (Å²) in [5, 5.41) is 5.08. The number of carbonyl (C=O) groups excluding carboxylic acids is 1. The number of aromatic nitrogens is 1. The smallest absolute Gasteiger partial charge is 0.242 e. The van der Waals surface area contributed by atoms with Crippen molar-refractivity contribution in [2.45, 2.75) is 19.9 Å². The van der Waals surface area contributed by atoms with E-state index in [0.717, 1.165) is 5.69 Å². The van der Waals surface area contributed by atoms with Gasteiger partial charge in [-0.3, -0.25) is 4.79 Å². The van der Waals surface area contributed by atoms with Crippen molar-refractivity contribution in [1.82, 2.24) is 4.98 Å². The van der Waals surface area contributed by atoms with E-state index in [1.165, 1.54) is 11.3 Å². The van der Waals surface area contributed by atoms with Gasteiger partial charge in [0.1, 0.15) is 0 Å². The van der Waals surface area contributed by atoms with Crippen LogP contribution in [0.1, 0.15) is 12.6 Å². The molecular formula is C7H11N3OS. The normalized spacial score (nSPS) is 12.6. The second-order valence-electron chi connectivity index (χ2n) is 2.57. The number of nitrogens with two attached hydrogens (primary N) is 1. The second kappa shape index (κ2) is 3.64. The highest BCUT2D eigenvalue weighted by atomic mass is 32.1. The van der Waals surface area contributed by atoms with Gasteiger partial charge in [-0.25, -0.2) is 4.98 Å².